The molecular weight excluding hydrogens is 466 g/mol. The Labute approximate surface area is 175 Å². The smallest absolute Gasteiger partial charge is 0.469 e. The molecule has 1 aromatic heterocycles. The van der Waals surface area contributed by atoms with Gasteiger partial charge < -0.3 is 50.1 Å². The normalized spacial score (nSPS) is 27.4. The summed E-state index contributed by atoms with van der Waals surface area (Å²) in [5, 5.41) is 43.4. The molecule has 17 heteroatoms. The van der Waals surface area contributed by atoms with Crippen molar-refractivity contribution >= 4 is 15.6 Å². The number of aryl methyl sites for hydroxylation is 1. The second-order valence-electron chi connectivity index (χ2n) is 6.70. The molecular formula is C14H24N2O13P2. The molecule has 178 valence electrons. The first-order chi connectivity index (χ1) is 14.2. The monoisotopic (exact) mass is 490 g/mol. The minimum absolute atomic E-state index is 0.0874. The summed E-state index contributed by atoms with van der Waals surface area (Å²) in [4.78, 5) is 39.2. The fraction of sp³-hybridized carbons (Fsp3) is 0.643. The van der Waals surface area contributed by atoms with Crippen LogP contribution in [0.15, 0.2) is 6.20 Å². The fourth-order valence-corrected chi connectivity index (χ4v) is 3.53. The van der Waals surface area contributed by atoms with Crippen molar-refractivity contribution in [3.8, 4) is 5.75 Å². The first kappa shape index (κ1) is 26.2. The van der Waals surface area contributed by atoms with Gasteiger partial charge in [0, 0.05) is 23.9 Å². The molecule has 2 heterocycles. The van der Waals surface area contributed by atoms with Crippen LogP contribution < -0.4 is 5.32 Å². The minimum atomic E-state index is -4.89. The molecule has 0 bridgehead atoms. The van der Waals surface area contributed by atoms with E-state index in [2.05, 4.69) is 19.3 Å². The van der Waals surface area contributed by atoms with E-state index in [1.165, 1.54) is 13.1 Å². The number of nitrogens with one attached hydrogen (secondary N) is 1. The van der Waals surface area contributed by atoms with E-state index in [-0.39, 0.29) is 29.1 Å². The molecule has 0 amide bonds. The Morgan fingerprint density at radius 1 is 1.10 bits per heavy atom. The third-order valence-electron chi connectivity index (χ3n) is 4.46. The maximum absolute atomic E-state index is 11.0. The molecule has 1 saturated heterocycles. The van der Waals surface area contributed by atoms with Crippen molar-refractivity contribution in [3.05, 3.63) is 23.0 Å². The van der Waals surface area contributed by atoms with Crippen LogP contribution in [0, 0.1) is 6.92 Å². The van der Waals surface area contributed by atoms with E-state index in [9.17, 15) is 29.6 Å². The Balaban J connectivity index is 2.18. The second kappa shape index (κ2) is 10.3. The minimum Gasteiger partial charge on any atom is -0.506 e. The molecule has 1 aliphatic rings. The zero-order valence-corrected chi connectivity index (χ0v) is 17.8. The van der Waals surface area contributed by atoms with E-state index in [0.29, 0.717) is 0 Å². The van der Waals surface area contributed by atoms with E-state index in [4.69, 9.17) is 24.3 Å². The van der Waals surface area contributed by atoms with Crippen LogP contribution in [0.25, 0.3) is 0 Å². The van der Waals surface area contributed by atoms with Crippen molar-refractivity contribution in [1.82, 2.24) is 10.3 Å². The molecule has 15 nitrogen and oxygen atoms in total. The van der Waals surface area contributed by atoms with Crippen molar-refractivity contribution < 1.29 is 62.9 Å². The summed E-state index contributed by atoms with van der Waals surface area (Å²) in [6.45, 7) is -0.229. The number of phosphoric acid groups is 2. The third-order valence-corrected chi connectivity index (χ3v) is 5.41. The molecule has 1 aromatic rings. The summed E-state index contributed by atoms with van der Waals surface area (Å²) in [7, 11) is -9.71. The lowest BCUT2D eigenvalue weighted by Crippen LogP contribution is -2.63. The van der Waals surface area contributed by atoms with E-state index in [0.717, 1.165) is 0 Å². The van der Waals surface area contributed by atoms with Gasteiger partial charge in [0.25, 0.3) is 0 Å². The van der Waals surface area contributed by atoms with Gasteiger partial charge in [-0.25, -0.2) is 9.13 Å². The number of phosphoric ester groups is 2. The van der Waals surface area contributed by atoms with Crippen molar-refractivity contribution in [2.45, 2.75) is 50.7 Å². The number of hydrogen-bond acceptors (Lipinski definition) is 11. The maximum Gasteiger partial charge on any atom is 0.469 e. The number of hydrogen-bond donors (Lipinski definition) is 9. The van der Waals surface area contributed by atoms with Crippen LogP contribution in [0.5, 0.6) is 5.75 Å². The van der Waals surface area contributed by atoms with Crippen LogP contribution >= 0.6 is 15.6 Å². The Kier molecular flexibility index (Phi) is 8.69. The Morgan fingerprint density at radius 2 is 1.71 bits per heavy atom. The summed E-state index contributed by atoms with van der Waals surface area (Å²) in [6.07, 6.45) is -5.33. The average Bonchev–Trinajstić information content (AvgIpc) is 2.64. The average molecular weight is 490 g/mol. The lowest BCUT2D eigenvalue weighted by molar-refractivity contribution is -0.261. The summed E-state index contributed by atoms with van der Waals surface area (Å²) in [5.74, 6) is -0.336. The van der Waals surface area contributed by atoms with Crippen LogP contribution in [-0.2, 0) is 36.1 Å². The summed E-state index contributed by atoms with van der Waals surface area (Å²) < 4.78 is 35.4. The standard InChI is InChI=1S/C14H24N2O13P2/c1-6-11(17)8(7(2-15-6)4-27-30(21,22)23)3-16-10-12(18)9(5-28-31(24,25)26)29-14(20)13(10)19/h2,9-10,12-14,16-20H,3-5H2,1H3,(H2,21,22,23)(H2,24,25,26)/t9-,10+,12-,13-,14+/m1/s1. The highest BCUT2D eigenvalue weighted by Crippen LogP contribution is 2.38. The van der Waals surface area contributed by atoms with Crippen molar-refractivity contribution in [3.63, 3.8) is 0 Å². The molecule has 0 saturated carbocycles. The number of nitrogens with zero attached hydrogens (tertiary/aromatic N) is 1. The Hall–Kier alpha value is -1.03. The van der Waals surface area contributed by atoms with E-state index < -0.39 is 59.5 Å². The topological polar surface area (TPSA) is 249 Å². The van der Waals surface area contributed by atoms with Gasteiger partial charge in [0.2, 0.25) is 0 Å². The predicted octanol–water partition coefficient (Wildman–Crippen LogP) is -2.29. The zero-order valence-electron chi connectivity index (χ0n) is 16.0. The molecule has 2 rings (SSSR count). The van der Waals surface area contributed by atoms with Crippen LogP contribution in [-0.4, -0.2) is 82.2 Å². The number of ether oxygens (including phenoxy) is 1. The van der Waals surface area contributed by atoms with Gasteiger partial charge in [0.15, 0.2) is 6.29 Å². The SMILES string of the molecule is Cc1ncc(COP(=O)(O)O)c(CN[C@@H]2[C@@H](O)[C@@H](O)O[C@H](COP(=O)(O)O)[C@H]2O)c1O. The van der Waals surface area contributed by atoms with Crippen molar-refractivity contribution in [2.75, 3.05) is 6.61 Å². The highest BCUT2D eigenvalue weighted by atomic mass is 31.2. The molecule has 9 N–H and O–H groups in total. The summed E-state index contributed by atoms with van der Waals surface area (Å²) >= 11 is 0. The molecule has 5 atom stereocenters. The lowest BCUT2D eigenvalue weighted by Gasteiger charge is -2.41. The quantitative estimate of drug-likeness (QED) is 0.165. The van der Waals surface area contributed by atoms with Gasteiger partial charge in [-0.3, -0.25) is 14.0 Å². The van der Waals surface area contributed by atoms with E-state index in [1.807, 2.05) is 0 Å². The van der Waals surface area contributed by atoms with Gasteiger partial charge in [-0.2, -0.15) is 0 Å². The molecule has 0 aromatic carbocycles. The lowest BCUT2D eigenvalue weighted by atomic mass is 9.95. The Morgan fingerprint density at radius 3 is 2.29 bits per heavy atom. The van der Waals surface area contributed by atoms with Gasteiger partial charge in [-0.05, 0) is 6.92 Å². The highest BCUT2D eigenvalue weighted by molar-refractivity contribution is 7.46. The van der Waals surface area contributed by atoms with Gasteiger partial charge in [-0.15, -0.1) is 0 Å². The van der Waals surface area contributed by atoms with Gasteiger partial charge >= 0.3 is 15.6 Å². The van der Waals surface area contributed by atoms with E-state index in [1.54, 1.807) is 0 Å². The summed E-state index contributed by atoms with van der Waals surface area (Å²) in [6, 6.07) is -1.31. The number of rotatable bonds is 9. The number of aromatic hydroxyl groups is 1. The van der Waals surface area contributed by atoms with Crippen molar-refractivity contribution in [1.29, 1.82) is 0 Å². The first-order valence-electron chi connectivity index (χ1n) is 8.69. The van der Waals surface area contributed by atoms with Gasteiger partial charge in [0.1, 0.15) is 24.1 Å². The number of aliphatic hydroxyl groups is 3. The molecule has 0 spiro atoms. The number of aromatic nitrogens is 1. The first-order valence-corrected chi connectivity index (χ1v) is 11.7. The fourth-order valence-electron chi connectivity index (χ4n) is 2.88. The highest BCUT2D eigenvalue weighted by Gasteiger charge is 2.44. The summed E-state index contributed by atoms with van der Waals surface area (Å²) in [5.41, 5.74) is 0.360. The second-order valence-corrected chi connectivity index (χ2v) is 9.18. The molecule has 0 aliphatic carbocycles. The number of pyridine rings is 1. The van der Waals surface area contributed by atoms with Crippen LogP contribution in [0.3, 0.4) is 0 Å². The number of aliphatic hydroxyl groups excluding tert-OH is 3. The zero-order chi connectivity index (χ0) is 23.6. The third kappa shape index (κ3) is 7.51. The molecule has 1 aliphatic heterocycles. The van der Waals surface area contributed by atoms with Gasteiger partial charge in [0.05, 0.1) is 24.9 Å². The van der Waals surface area contributed by atoms with Crippen LogP contribution in [0.4, 0.5) is 0 Å². The molecule has 0 unspecified atom stereocenters. The van der Waals surface area contributed by atoms with Gasteiger partial charge in [-0.1, -0.05) is 0 Å². The Bertz CT molecular complexity index is 859. The predicted molar refractivity (Wildman–Crippen MR) is 99.0 cm³/mol. The molecule has 1 fully saturated rings. The molecule has 0 radical (unpaired) electrons. The molecule has 31 heavy (non-hydrogen) atoms. The largest absolute Gasteiger partial charge is 0.506 e. The van der Waals surface area contributed by atoms with Crippen molar-refractivity contribution in [2.24, 2.45) is 0 Å². The van der Waals surface area contributed by atoms with E-state index >= 15 is 0 Å². The van der Waals surface area contributed by atoms with Crippen LogP contribution in [0.1, 0.15) is 16.8 Å². The van der Waals surface area contributed by atoms with Crippen LogP contribution in [0.2, 0.25) is 0 Å². The maximum atomic E-state index is 11.0.